The summed E-state index contributed by atoms with van der Waals surface area (Å²) in [7, 11) is 1.33. The van der Waals surface area contributed by atoms with E-state index >= 15 is 0 Å². The van der Waals surface area contributed by atoms with Crippen molar-refractivity contribution < 1.29 is 22.4 Å². The smallest absolute Gasteiger partial charge is 0.372 e. The lowest BCUT2D eigenvalue weighted by Crippen LogP contribution is -2.44. The minimum absolute atomic E-state index is 0.00380. The van der Waals surface area contributed by atoms with Crippen LogP contribution in [0.1, 0.15) is 24.9 Å². The lowest BCUT2D eigenvalue weighted by Gasteiger charge is -2.34. The fraction of sp³-hybridized carbons (Fsp3) is 0.500. The van der Waals surface area contributed by atoms with E-state index < -0.39 is 24.0 Å². The molecule has 1 aliphatic heterocycles. The molecule has 0 unspecified atom stereocenters. The van der Waals surface area contributed by atoms with Gasteiger partial charge >= 0.3 is 6.18 Å². The maximum atomic E-state index is 14.4. The summed E-state index contributed by atoms with van der Waals surface area (Å²) in [6.07, 6.45) is -1.83. The van der Waals surface area contributed by atoms with Gasteiger partial charge in [0.15, 0.2) is 0 Å². The number of hydrogen-bond acceptors (Lipinski definition) is 6. The number of carbonyl (C=O) groups is 1. The van der Waals surface area contributed by atoms with E-state index in [-0.39, 0.29) is 24.2 Å². The number of rotatable bonds is 4. The van der Waals surface area contributed by atoms with Crippen LogP contribution in [0.5, 0.6) is 0 Å². The number of nitrogens with one attached hydrogen (secondary N) is 2. The summed E-state index contributed by atoms with van der Waals surface area (Å²) in [5.74, 6) is -0.596. The van der Waals surface area contributed by atoms with Gasteiger partial charge in [-0.25, -0.2) is 9.37 Å². The molecule has 2 aromatic rings. The van der Waals surface area contributed by atoms with E-state index in [0.29, 0.717) is 24.8 Å². The number of alkyl halides is 4. The third-order valence-corrected chi connectivity index (χ3v) is 4.48. The molecule has 0 aromatic carbocycles. The Bertz CT molecular complexity index is 854. The van der Waals surface area contributed by atoms with Crippen molar-refractivity contribution in [1.82, 2.24) is 24.6 Å². The fourth-order valence-electron chi connectivity index (χ4n) is 3.03. The molecule has 8 nitrogen and oxygen atoms in total. The zero-order chi connectivity index (χ0) is 20.5. The summed E-state index contributed by atoms with van der Waals surface area (Å²) in [6.45, 7) is 1.82. The highest BCUT2D eigenvalue weighted by atomic mass is 19.4. The van der Waals surface area contributed by atoms with E-state index in [1.807, 2.05) is 0 Å². The van der Waals surface area contributed by atoms with Crippen LogP contribution in [0.25, 0.3) is 0 Å². The van der Waals surface area contributed by atoms with Gasteiger partial charge in [-0.15, -0.1) is 0 Å². The average molecular weight is 401 g/mol. The molecule has 2 aromatic heterocycles. The minimum Gasteiger partial charge on any atom is -0.372 e. The Morgan fingerprint density at radius 2 is 2.07 bits per heavy atom. The number of nitrogens with zero attached hydrogens (tertiary/aromatic N) is 5. The van der Waals surface area contributed by atoms with Gasteiger partial charge in [-0.3, -0.25) is 9.48 Å². The van der Waals surface area contributed by atoms with E-state index in [1.54, 1.807) is 0 Å². The Hall–Kier alpha value is -2.92. The predicted molar refractivity (Wildman–Crippen MR) is 92.9 cm³/mol. The molecule has 1 amide bonds. The summed E-state index contributed by atoms with van der Waals surface area (Å²) in [4.78, 5) is 20.3. The third-order valence-electron chi connectivity index (χ3n) is 4.48. The zero-order valence-electron chi connectivity index (χ0n) is 15.2. The molecule has 0 aliphatic carbocycles. The first-order valence-corrected chi connectivity index (χ1v) is 8.51. The van der Waals surface area contributed by atoms with E-state index in [9.17, 15) is 22.4 Å². The van der Waals surface area contributed by atoms with Crippen LogP contribution in [0.15, 0.2) is 18.6 Å². The van der Waals surface area contributed by atoms with Crippen LogP contribution in [0.4, 0.5) is 35.0 Å². The monoisotopic (exact) mass is 401 g/mol. The van der Waals surface area contributed by atoms with Gasteiger partial charge in [0.05, 0.1) is 24.5 Å². The molecule has 3 rings (SSSR count). The van der Waals surface area contributed by atoms with Crippen LogP contribution in [-0.2, 0) is 11.0 Å². The number of carbonyl (C=O) groups excluding carboxylic acids is 1. The number of anilines is 3. The van der Waals surface area contributed by atoms with E-state index in [4.69, 9.17) is 0 Å². The van der Waals surface area contributed by atoms with Gasteiger partial charge in [-0.1, -0.05) is 0 Å². The highest BCUT2D eigenvalue weighted by Crippen LogP contribution is 2.34. The maximum Gasteiger partial charge on any atom is 0.421 e. The second-order valence-corrected chi connectivity index (χ2v) is 6.37. The molecule has 1 aliphatic rings. The first kappa shape index (κ1) is 19.8. The van der Waals surface area contributed by atoms with Crippen molar-refractivity contribution >= 4 is 23.4 Å². The van der Waals surface area contributed by atoms with Gasteiger partial charge in [-0.2, -0.15) is 23.3 Å². The van der Waals surface area contributed by atoms with Crippen molar-refractivity contribution in [2.75, 3.05) is 30.8 Å². The van der Waals surface area contributed by atoms with Crippen molar-refractivity contribution in [2.24, 2.45) is 0 Å². The molecule has 152 valence electrons. The molecule has 2 N–H and O–H groups in total. The Morgan fingerprint density at radius 3 is 2.68 bits per heavy atom. The minimum atomic E-state index is -4.58. The molecule has 0 bridgehead atoms. The van der Waals surface area contributed by atoms with Gasteiger partial charge in [0.2, 0.25) is 11.9 Å². The molecule has 0 radical (unpaired) electrons. The molecular formula is C16H19F4N7O. The molecule has 3 heterocycles. The summed E-state index contributed by atoms with van der Waals surface area (Å²) in [6, 6.07) is -0.535. The highest BCUT2D eigenvalue weighted by molar-refractivity contribution is 5.73. The van der Waals surface area contributed by atoms with Crippen LogP contribution < -0.4 is 10.6 Å². The highest BCUT2D eigenvalue weighted by Gasteiger charge is 2.35. The van der Waals surface area contributed by atoms with Crippen LogP contribution in [-0.4, -0.2) is 56.9 Å². The summed E-state index contributed by atoms with van der Waals surface area (Å²) in [5, 5.41) is 9.26. The molecule has 2 atom stereocenters. The SMILES string of the molecule is CNc1nc(Nc2cnn([C@@H]3CCN(C(C)=O)C[C@H]3F)c2)ncc1C(F)(F)F. The molecule has 1 saturated heterocycles. The van der Waals surface area contributed by atoms with Crippen LogP contribution in [0, 0.1) is 0 Å². The lowest BCUT2D eigenvalue weighted by atomic mass is 10.0. The Kier molecular flexibility index (Phi) is 5.38. The average Bonchev–Trinajstić information content (AvgIpc) is 3.08. The van der Waals surface area contributed by atoms with Crippen molar-refractivity contribution in [1.29, 1.82) is 0 Å². The van der Waals surface area contributed by atoms with E-state index in [0.717, 1.165) is 0 Å². The maximum absolute atomic E-state index is 14.4. The Morgan fingerprint density at radius 1 is 1.32 bits per heavy atom. The number of halogens is 4. The molecular weight excluding hydrogens is 382 g/mol. The molecule has 28 heavy (non-hydrogen) atoms. The summed E-state index contributed by atoms with van der Waals surface area (Å²) < 4.78 is 54.6. The standard InChI is InChI=1S/C16H19F4N7O/c1-9(28)26-4-3-13(12(17)8-26)27-7-10(5-23-27)24-15-22-6-11(16(18,19)20)14(21-2)25-15/h5-7,12-13H,3-4,8H2,1-2H3,(H2,21,22,24,25)/t12-,13-/m1/s1. The number of amides is 1. The van der Waals surface area contributed by atoms with Gasteiger partial charge in [-0.05, 0) is 6.42 Å². The predicted octanol–water partition coefficient (Wildman–Crippen LogP) is 2.61. The van der Waals surface area contributed by atoms with Gasteiger partial charge in [0.25, 0.3) is 0 Å². The normalized spacial score (nSPS) is 20.1. The van der Waals surface area contributed by atoms with E-state index in [1.165, 1.54) is 35.9 Å². The Labute approximate surface area is 157 Å². The van der Waals surface area contributed by atoms with Crippen molar-refractivity contribution in [3.8, 4) is 0 Å². The largest absolute Gasteiger partial charge is 0.421 e. The first-order valence-electron chi connectivity index (χ1n) is 8.51. The summed E-state index contributed by atoms with van der Waals surface area (Å²) in [5.41, 5.74) is -0.572. The zero-order valence-corrected chi connectivity index (χ0v) is 15.2. The van der Waals surface area contributed by atoms with Crippen LogP contribution in [0.2, 0.25) is 0 Å². The number of likely N-dealkylation sites (tertiary alicyclic amines) is 1. The van der Waals surface area contributed by atoms with Crippen molar-refractivity contribution in [2.45, 2.75) is 31.7 Å². The third kappa shape index (κ3) is 4.15. The van der Waals surface area contributed by atoms with E-state index in [2.05, 4.69) is 25.7 Å². The van der Waals surface area contributed by atoms with Gasteiger partial charge in [0, 0.05) is 32.9 Å². The van der Waals surface area contributed by atoms with Crippen molar-refractivity contribution in [3.05, 3.63) is 24.2 Å². The van der Waals surface area contributed by atoms with Crippen LogP contribution >= 0.6 is 0 Å². The second-order valence-electron chi connectivity index (χ2n) is 6.37. The Balaban J connectivity index is 1.72. The van der Waals surface area contributed by atoms with Gasteiger partial charge < -0.3 is 15.5 Å². The number of hydrogen-bond donors (Lipinski definition) is 2. The topological polar surface area (TPSA) is 88.0 Å². The second kappa shape index (κ2) is 7.60. The van der Waals surface area contributed by atoms with Crippen molar-refractivity contribution in [3.63, 3.8) is 0 Å². The molecule has 0 spiro atoms. The molecule has 1 fully saturated rings. The quantitative estimate of drug-likeness (QED) is 0.766. The fourth-order valence-corrected chi connectivity index (χ4v) is 3.03. The molecule has 12 heteroatoms. The molecule has 0 saturated carbocycles. The summed E-state index contributed by atoms with van der Waals surface area (Å²) >= 11 is 0. The number of aromatic nitrogens is 4. The van der Waals surface area contributed by atoms with Gasteiger partial charge in [0.1, 0.15) is 17.6 Å². The first-order chi connectivity index (χ1) is 13.2. The van der Waals surface area contributed by atoms with Crippen LogP contribution in [0.3, 0.4) is 0 Å². The lowest BCUT2D eigenvalue weighted by molar-refractivity contribution is -0.137. The number of piperidine rings is 1.